The number of rotatable bonds is 6. The van der Waals surface area contributed by atoms with E-state index in [-0.39, 0.29) is 12.2 Å². The van der Waals surface area contributed by atoms with Gasteiger partial charge in [-0.05, 0) is 19.8 Å². The molecule has 0 spiro atoms. The Hall–Kier alpha value is -2.14. The SMILES string of the molecule is Cc1ccc(-c2nn(CCCCO)cc2C(=O)O)cc1. The molecule has 0 aliphatic rings. The Morgan fingerprint density at radius 2 is 1.95 bits per heavy atom. The Bertz CT molecular complexity index is 588. The Labute approximate surface area is 117 Å². The molecule has 0 bridgehead atoms. The van der Waals surface area contributed by atoms with E-state index in [0.29, 0.717) is 18.7 Å². The number of carboxylic acids is 1. The van der Waals surface area contributed by atoms with Crippen molar-refractivity contribution in [2.75, 3.05) is 6.61 Å². The van der Waals surface area contributed by atoms with Crippen molar-refractivity contribution in [3.63, 3.8) is 0 Å². The maximum atomic E-state index is 11.3. The zero-order valence-corrected chi connectivity index (χ0v) is 11.4. The molecule has 2 rings (SSSR count). The van der Waals surface area contributed by atoms with Crippen LogP contribution in [0.3, 0.4) is 0 Å². The van der Waals surface area contributed by atoms with E-state index in [1.165, 1.54) is 0 Å². The molecule has 0 saturated heterocycles. The van der Waals surface area contributed by atoms with Gasteiger partial charge in [0, 0.05) is 24.9 Å². The molecule has 0 unspecified atom stereocenters. The highest BCUT2D eigenvalue weighted by atomic mass is 16.4. The molecular formula is C15H18N2O3. The second-order valence-electron chi connectivity index (χ2n) is 4.76. The first-order chi connectivity index (χ1) is 9.61. The zero-order chi connectivity index (χ0) is 14.5. The molecular weight excluding hydrogens is 256 g/mol. The van der Waals surface area contributed by atoms with Gasteiger partial charge < -0.3 is 10.2 Å². The van der Waals surface area contributed by atoms with Gasteiger partial charge in [-0.25, -0.2) is 4.79 Å². The highest BCUT2D eigenvalue weighted by Crippen LogP contribution is 2.22. The predicted molar refractivity (Wildman–Crippen MR) is 75.7 cm³/mol. The summed E-state index contributed by atoms with van der Waals surface area (Å²) in [7, 11) is 0. The van der Waals surface area contributed by atoms with Gasteiger partial charge in [0.2, 0.25) is 0 Å². The van der Waals surface area contributed by atoms with Gasteiger partial charge in [0.05, 0.1) is 0 Å². The quantitative estimate of drug-likeness (QED) is 0.793. The van der Waals surface area contributed by atoms with Gasteiger partial charge in [0.25, 0.3) is 0 Å². The van der Waals surface area contributed by atoms with E-state index in [1.54, 1.807) is 10.9 Å². The summed E-state index contributed by atoms with van der Waals surface area (Å²) in [5.41, 5.74) is 2.61. The smallest absolute Gasteiger partial charge is 0.339 e. The van der Waals surface area contributed by atoms with Crippen molar-refractivity contribution in [2.45, 2.75) is 26.3 Å². The zero-order valence-electron chi connectivity index (χ0n) is 11.4. The Morgan fingerprint density at radius 1 is 1.25 bits per heavy atom. The van der Waals surface area contributed by atoms with Gasteiger partial charge in [0.1, 0.15) is 11.3 Å². The first-order valence-corrected chi connectivity index (χ1v) is 6.60. The van der Waals surface area contributed by atoms with Crippen molar-refractivity contribution in [3.05, 3.63) is 41.6 Å². The molecule has 1 aromatic heterocycles. The summed E-state index contributed by atoms with van der Waals surface area (Å²) in [6, 6.07) is 7.63. The molecule has 2 N–H and O–H groups in total. The normalized spacial score (nSPS) is 10.7. The minimum atomic E-state index is -0.978. The number of hydrogen-bond acceptors (Lipinski definition) is 3. The van der Waals surface area contributed by atoms with Crippen molar-refractivity contribution >= 4 is 5.97 Å². The molecule has 2 aromatic rings. The summed E-state index contributed by atoms with van der Waals surface area (Å²) in [5.74, 6) is -0.978. The van der Waals surface area contributed by atoms with Gasteiger partial charge >= 0.3 is 5.97 Å². The Balaban J connectivity index is 2.30. The average molecular weight is 274 g/mol. The Kier molecular flexibility index (Phi) is 4.53. The third kappa shape index (κ3) is 3.24. The molecule has 0 atom stereocenters. The number of carboxylic acid groups (broad SMARTS) is 1. The topological polar surface area (TPSA) is 75.3 Å². The van der Waals surface area contributed by atoms with Crippen LogP contribution in [0.5, 0.6) is 0 Å². The fourth-order valence-electron chi connectivity index (χ4n) is 2.00. The van der Waals surface area contributed by atoms with Crippen LogP contribution in [0.1, 0.15) is 28.8 Å². The predicted octanol–water partition coefficient (Wildman–Crippen LogP) is 2.33. The minimum absolute atomic E-state index is 0.137. The number of hydrogen-bond donors (Lipinski definition) is 2. The minimum Gasteiger partial charge on any atom is -0.478 e. The van der Waals surface area contributed by atoms with E-state index in [9.17, 15) is 9.90 Å². The first kappa shape index (κ1) is 14.3. The van der Waals surface area contributed by atoms with Gasteiger partial charge in [-0.15, -0.1) is 0 Å². The fourth-order valence-corrected chi connectivity index (χ4v) is 2.00. The summed E-state index contributed by atoms with van der Waals surface area (Å²) >= 11 is 0. The molecule has 5 heteroatoms. The summed E-state index contributed by atoms with van der Waals surface area (Å²) < 4.78 is 1.63. The van der Waals surface area contributed by atoms with Gasteiger partial charge in [-0.2, -0.15) is 5.10 Å². The number of aryl methyl sites for hydroxylation is 2. The van der Waals surface area contributed by atoms with Crippen LogP contribution in [0.4, 0.5) is 0 Å². The van der Waals surface area contributed by atoms with Gasteiger partial charge in [-0.3, -0.25) is 4.68 Å². The number of unbranched alkanes of at least 4 members (excludes halogenated alkanes) is 1. The lowest BCUT2D eigenvalue weighted by molar-refractivity contribution is 0.0697. The van der Waals surface area contributed by atoms with Gasteiger partial charge in [0.15, 0.2) is 0 Å². The molecule has 0 fully saturated rings. The van der Waals surface area contributed by atoms with Crippen LogP contribution in [-0.2, 0) is 6.54 Å². The molecule has 0 saturated carbocycles. The first-order valence-electron chi connectivity index (χ1n) is 6.60. The van der Waals surface area contributed by atoms with Crippen molar-refractivity contribution in [3.8, 4) is 11.3 Å². The van der Waals surface area contributed by atoms with Crippen LogP contribution in [0.25, 0.3) is 11.3 Å². The number of carbonyl (C=O) groups is 1. The van der Waals surface area contributed by atoms with Crippen LogP contribution >= 0.6 is 0 Å². The summed E-state index contributed by atoms with van der Waals surface area (Å²) in [6.07, 6.45) is 3.00. The molecule has 5 nitrogen and oxygen atoms in total. The van der Waals surface area contributed by atoms with Crippen molar-refractivity contribution in [1.82, 2.24) is 9.78 Å². The van der Waals surface area contributed by atoms with E-state index in [0.717, 1.165) is 17.5 Å². The summed E-state index contributed by atoms with van der Waals surface area (Å²) in [4.78, 5) is 11.3. The molecule has 20 heavy (non-hydrogen) atoms. The molecule has 106 valence electrons. The third-order valence-corrected chi connectivity index (χ3v) is 3.11. The monoisotopic (exact) mass is 274 g/mol. The maximum absolute atomic E-state index is 11.3. The van der Waals surface area contributed by atoms with Gasteiger partial charge in [-0.1, -0.05) is 29.8 Å². The van der Waals surface area contributed by atoms with Crippen LogP contribution in [0, 0.1) is 6.92 Å². The van der Waals surface area contributed by atoms with E-state index in [1.807, 2.05) is 31.2 Å². The lowest BCUT2D eigenvalue weighted by Gasteiger charge is -2.00. The number of aromatic carboxylic acids is 1. The lowest BCUT2D eigenvalue weighted by atomic mass is 10.1. The highest BCUT2D eigenvalue weighted by molar-refractivity contribution is 5.94. The number of aliphatic hydroxyl groups excluding tert-OH is 1. The van der Waals surface area contributed by atoms with Crippen LogP contribution < -0.4 is 0 Å². The molecule has 1 heterocycles. The van der Waals surface area contributed by atoms with Crippen molar-refractivity contribution < 1.29 is 15.0 Å². The van der Waals surface area contributed by atoms with Crippen molar-refractivity contribution in [1.29, 1.82) is 0 Å². The fraction of sp³-hybridized carbons (Fsp3) is 0.333. The van der Waals surface area contributed by atoms with Crippen LogP contribution in [0.2, 0.25) is 0 Å². The largest absolute Gasteiger partial charge is 0.478 e. The number of benzene rings is 1. The van der Waals surface area contributed by atoms with Crippen LogP contribution in [-0.4, -0.2) is 32.6 Å². The molecule has 0 radical (unpaired) electrons. The van der Waals surface area contributed by atoms with E-state index >= 15 is 0 Å². The van der Waals surface area contributed by atoms with E-state index in [4.69, 9.17) is 5.11 Å². The van der Waals surface area contributed by atoms with E-state index < -0.39 is 5.97 Å². The molecule has 0 amide bonds. The average Bonchev–Trinajstić information content (AvgIpc) is 2.84. The second-order valence-corrected chi connectivity index (χ2v) is 4.76. The summed E-state index contributed by atoms with van der Waals surface area (Å²) in [6.45, 7) is 2.72. The van der Waals surface area contributed by atoms with Crippen LogP contribution in [0.15, 0.2) is 30.5 Å². The number of aliphatic hydroxyl groups is 1. The number of nitrogens with zero attached hydrogens (tertiary/aromatic N) is 2. The van der Waals surface area contributed by atoms with Crippen molar-refractivity contribution in [2.24, 2.45) is 0 Å². The maximum Gasteiger partial charge on any atom is 0.339 e. The summed E-state index contributed by atoms with van der Waals surface area (Å²) in [5, 5.41) is 22.4. The van der Waals surface area contributed by atoms with E-state index in [2.05, 4.69) is 5.10 Å². The Morgan fingerprint density at radius 3 is 2.55 bits per heavy atom. The number of aromatic nitrogens is 2. The highest BCUT2D eigenvalue weighted by Gasteiger charge is 2.16. The lowest BCUT2D eigenvalue weighted by Crippen LogP contribution is -1.99. The molecule has 0 aliphatic carbocycles. The molecule has 0 aliphatic heterocycles. The molecule has 1 aromatic carbocycles. The third-order valence-electron chi connectivity index (χ3n) is 3.11. The standard InChI is InChI=1S/C15H18N2O3/c1-11-4-6-12(7-5-11)14-13(15(19)20)10-17(16-14)8-2-3-9-18/h4-7,10,18H,2-3,8-9H2,1H3,(H,19,20). The second kappa shape index (κ2) is 6.34.